The van der Waals surface area contributed by atoms with Crippen LogP contribution in [0.5, 0.6) is 0 Å². The summed E-state index contributed by atoms with van der Waals surface area (Å²) in [5, 5.41) is 4.05. The molecule has 1 aromatic heterocycles. The zero-order valence-electron chi connectivity index (χ0n) is 7.19. The molecule has 0 unspecified atom stereocenters. The number of hydrogen-bond donors (Lipinski definition) is 0. The molecule has 1 aromatic carbocycles. The van der Waals surface area contributed by atoms with Gasteiger partial charge in [0.2, 0.25) is 0 Å². The fraction of sp³-hybridized carbons (Fsp3) is 0.111. The highest BCUT2D eigenvalue weighted by Gasteiger charge is 2.05. The maximum absolute atomic E-state index is 13.0. The topological polar surface area (TPSA) is 30.7 Å². The van der Waals surface area contributed by atoms with Crippen LogP contribution in [-0.4, -0.2) is 14.8 Å². The molecular weight excluding hydrogens is 205 g/mol. The predicted molar refractivity (Wildman–Crippen MR) is 50.5 cm³/mol. The van der Waals surface area contributed by atoms with E-state index >= 15 is 0 Å². The van der Waals surface area contributed by atoms with Gasteiger partial charge in [0.15, 0.2) is 0 Å². The second-order valence-corrected chi connectivity index (χ2v) is 3.18. The van der Waals surface area contributed by atoms with Crippen molar-refractivity contribution in [2.75, 3.05) is 0 Å². The summed E-state index contributed by atoms with van der Waals surface area (Å²) in [5.74, 6) is -0.413. The van der Waals surface area contributed by atoms with Gasteiger partial charge in [-0.25, -0.2) is 14.1 Å². The van der Waals surface area contributed by atoms with Crippen molar-refractivity contribution in [2.24, 2.45) is 0 Å². The van der Waals surface area contributed by atoms with E-state index in [2.05, 4.69) is 10.1 Å². The van der Waals surface area contributed by atoms with Crippen LogP contribution in [0.1, 0.15) is 5.56 Å². The number of aromatic nitrogens is 3. The Bertz CT molecular complexity index is 428. The van der Waals surface area contributed by atoms with Gasteiger partial charge in [-0.15, -0.1) is 0 Å². The molecule has 0 bridgehead atoms. The molecule has 0 spiro atoms. The first kappa shape index (κ1) is 9.15. The Kier molecular flexibility index (Phi) is 2.45. The molecule has 0 atom stereocenters. The Balaban J connectivity index is 2.29. The van der Waals surface area contributed by atoms with Crippen molar-refractivity contribution in [3.05, 3.63) is 47.3 Å². The number of benzene rings is 1. The van der Waals surface area contributed by atoms with Crippen molar-refractivity contribution >= 4 is 11.6 Å². The normalized spacial score (nSPS) is 10.4. The maximum atomic E-state index is 13.0. The standard InChI is InChI=1S/C9H7ClFN3/c10-9-7(2-1-3-8(9)11)4-14-6-12-5-13-14/h1-3,5-6H,4H2. The van der Waals surface area contributed by atoms with Gasteiger partial charge in [0.25, 0.3) is 0 Å². The molecule has 0 fully saturated rings. The first-order chi connectivity index (χ1) is 6.77. The average molecular weight is 212 g/mol. The molecule has 0 saturated carbocycles. The van der Waals surface area contributed by atoms with Gasteiger partial charge >= 0.3 is 0 Å². The lowest BCUT2D eigenvalue weighted by atomic mass is 10.2. The highest BCUT2D eigenvalue weighted by atomic mass is 35.5. The second-order valence-electron chi connectivity index (χ2n) is 2.81. The van der Waals surface area contributed by atoms with E-state index in [1.54, 1.807) is 23.1 Å². The molecule has 0 aliphatic carbocycles. The minimum Gasteiger partial charge on any atom is -0.248 e. The van der Waals surface area contributed by atoms with Crippen LogP contribution in [-0.2, 0) is 6.54 Å². The van der Waals surface area contributed by atoms with Crippen molar-refractivity contribution < 1.29 is 4.39 Å². The van der Waals surface area contributed by atoms with Crippen LogP contribution >= 0.6 is 11.6 Å². The van der Waals surface area contributed by atoms with E-state index in [9.17, 15) is 4.39 Å². The van der Waals surface area contributed by atoms with Crippen LogP contribution in [0.15, 0.2) is 30.9 Å². The van der Waals surface area contributed by atoms with Crippen LogP contribution in [0.25, 0.3) is 0 Å². The number of hydrogen-bond acceptors (Lipinski definition) is 2. The average Bonchev–Trinajstić information content (AvgIpc) is 2.66. The molecule has 5 heteroatoms. The monoisotopic (exact) mass is 211 g/mol. The summed E-state index contributed by atoms with van der Waals surface area (Å²) in [6.07, 6.45) is 2.98. The van der Waals surface area contributed by atoms with Crippen LogP contribution < -0.4 is 0 Å². The van der Waals surface area contributed by atoms with Gasteiger partial charge in [-0.1, -0.05) is 23.7 Å². The van der Waals surface area contributed by atoms with Crippen LogP contribution in [0, 0.1) is 5.82 Å². The van der Waals surface area contributed by atoms with Gasteiger partial charge in [0.05, 0.1) is 11.6 Å². The zero-order chi connectivity index (χ0) is 9.97. The Morgan fingerprint density at radius 2 is 2.29 bits per heavy atom. The van der Waals surface area contributed by atoms with Crippen molar-refractivity contribution in [3.8, 4) is 0 Å². The lowest BCUT2D eigenvalue weighted by Crippen LogP contribution is -2.01. The molecule has 2 rings (SSSR count). The molecule has 0 saturated heterocycles. The summed E-state index contributed by atoms with van der Waals surface area (Å²) in [7, 11) is 0. The van der Waals surface area contributed by atoms with Gasteiger partial charge in [-0.05, 0) is 11.6 Å². The third-order valence-corrected chi connectivity index (χ3v) is 2.25. The van der Waals surface area contributed by atoms with Crippen molar-refractivity contribution in [3.63, 3.8) is 0 Å². The second kappa shape index (κ2) is 3.75. The smallest absolute Gasteiger partial charge is 0.142 e. The van der Waals surface area contributed by atoms with Crippen molar-refractivity contribution in [1.29, 1.82) is 0 Å². The van der Waals surface area contributed by atoms with E-state index < -0.39 is 5.82 Å². The quantitative estimate of drug-likeness (QED) is 0.762. The molecular formula is C9H7ClFN3. The molecule has 0 aliphatic rings. The largest absolute Gasteiger partial charge is 0.248 e. The summed E-state index contributed by atoms with van der Waals surface area (Å²) in [5.41, 5.74) is 0.692. The summed E-state index contributed by atoms with van der Waals surface area (Å²) in [4.78, 5) is 3.79. The highest BCUT2D eigenvalue weighted by molar-refractivity contribution is 6.31. The van der Waals surface area contributed by atoms with Crippen molar-refractivity contribution in [1.82, 2.24) is 14.8 Å². The van der Waals surface area contributed by atoms with E-state index in [1.807, 2.05) is 0 Å². The van der Waals surface area contributed by atoms with Crippen molar-refractivity contribution in [2.45, 2.75) is 6.54 Å². The third kappa shape index (κ3) is 1.75. The highest BCUT2D eigenvalue weighted by Crippen LogP contribution is 2.19. The first-order valence-electron chi connectivity index (χ1n) is 4.02. The third-order valence-electron chi connectivity index (χ3n) is 1.83. The molecule has 2 aromatic rings. The van der Waals surface area contributed by atoms with E-state index in [1.165, 1.54) is 12.4 Å². The molecule has 72 valence electrons. The molecule has 0 amide bonds. The molecule has 14 heavy (non-hydrogen) atoms. The Hall–Kier alpha value is -1.42. The summed E-state index contributed by atoms with van der Waals surface area (Å²) in [6, 6.07) is 4.70. The summed E-state index contributed by atoms with van der Waals surface area (Å²) in [6.45, 7) is 0.427. The van der Waals surface area contributed by atoms with E-state index in [0.717, 1.165) is 0 Å². The van der Waals surface area contributed by atoms with Gasteiger partial charge in [-0.2, -0.15) is 5.10 Å². The summed E-state index contributed by atoms with van der Waals surface area (Å²) < 4.78 is 14.6. The molecule has 3 nitrogen and oxygen atoms in total. The van der Waals surface area contributed by atoms with E-state index in [0.29, 0.717) is 12.1 Å². The minimum atomic E-state index is -0.413. The van der Waals surface area contributed by atoms with Crippen LogP contribution in [0.4, 0.5) is 4.39 Å². The summed E-state index contributed by atoms with van der Waals surface area (Å²) >= 11 is 5.77. The van der Waals surface area contributed by atoms with Crippen LogP contribution in [0.2, 0.25) is 5.02 Å². The van der Waals surface area contributed by atoms with Gasteiger partial charge in [-0.3, -0.25) is 0 Å². The fourth-order valence-corrected chi connectivity index (χ4v) is 1.35. The lowest BCUT2D eigenvalue weighted by Gasteiger charge is -2.03. The van der Waals surface area contributed by atoms with Gasteiger partial charge in [0.1, 0.15) is 18.5 Å². The maximum Gasteiger partial charge on any atom is 0.142 e. The Morgan fingerprint density at radius 1 is 1.43 bits per heavy atom. The SMILES string of the molecule is Fc1cccc(Cn2cncn2)c1Cl. The zero-order valence-corrected chi connectivity index (χ0v) is 7.95. The lowest BCUT2D eigenvalue weighted by molar-refractivity contribution is 0.619. The first-order valence-corrected chi connectivity index (χ1v) is 4.40. The molecule has 0 aliphatic heterocycles. The Labute approximate surface area is 85.1 Å². The molecule has 0 N–H and O–H groups in total. The van der Waals surface area contributed by atoms with Gasteiger partial charge < -0.3 is 0 Å². The minimum absolute atomic E-state index is 0.142. The van der Waals surface area contributed by atoms with Crippen LogP contribution in [0.3, 0.4) is 0 Å². The number of rotatable bonds is 2. The fourth-order valence-electron chi connectivity index (χ4n) is 1.16. The Morgan fingerprint density at radius 3 is 3.00 bits per heavy atom. The molecule has 1 heterocycles. The number of nitrogens with zero attached hydrogens (tertiary/aromatic N) is 3. The van der Waals surface area contributed by atoms with E-state index in [4.69, 9.17) is 11.6 Å². The predicted octanol–water partition coefficient (Wildman–Crippen LogP) is 2.12. The molecule has 0 radical (unpaired) electrons. The number of halogens is 2. The van der Waals surface area contributed by atoms with E-state index in [-0.39, 0.29) is 5.02 Å². The van der Waals surface area contributed by atoms with Gasteiger partial charge in [0, 0.05) is 0 Å².